The lowest BCUT2D eigenvalue weighted by atomic mass is 9.97. The van der Waals surface area contributed by atoms with Crippen LogP contribution in [0.15, 0.2) is 217 Å². The first-order valence-corrected chi connectivity index (χ1v) is 20.9. The van der Waals surface area contributed by atoms with Crippen LogP contribution < -0.4 is 4.90 Å². The van der Waals surface area contributed by atoms with Crippen molar-refractivity contribution < 1.29 is 4.42 Å². The van der Waals surface area contributed by atoms with Gasteiger partial charge in [-0.2, -0.15) is 0 Å². The van der Waals surface area contributed by atoms with E-state index in [2.05, 4.69) is 217 Å². The van der Waals surface area contributed by atoms with Crippen molar-refractivity contribution in [2.45, 2.75) is 0 Å². The van der Waals surface area contributed by atoms with Crippen LogP contribution in [-0.4, -0.2) is 0 Å². The predicted molar refractivity (Wildman–Crippen MR) is 253 cm³/mol. The topological polar surface area (TPSA) is 16.4 Å². The van der Waals surface area contributed by atoms with Gasteiger partial charge in [0.2, 0.25) is 0 Å². The molecule has 2 heterocycles. The lowest BCUT2D eigenvalue weighted by Crippen LogP contribution is -2.11. The van der Waals surface area contributed by atoms with Gasteiger partial charge in [0.1, 0.15) is 11.2 Å². The Balaban J connectivity index is 1.01. The highest BCUT2D eigenvalue weighted by atomic mass is 32.1. The molecule has 10 aromatic carbocycles. The second-order valence-electron chi connectivity index (χ2n) is 15.3. The van der Waals surface area contributed by atoms with E-state index in [1.54, 1.807) is 0 Å². The number of hydrogen-bond donors (Lipinski definition) is 0. The summed E-state index contributed by atoms with van der Waals surface area (Å²) in [5, 5.41) is 9.60. The van der Waals surface area contributed by atoms with Crippen LogP contribution in [0.25, 0.3) is 97.0 Å². The molecular formula is C56H35NOS. The summed E-state index contributed by atoms with van der Waals surface area (Å²) >= 11 is 1.86. The molecule has 0 bridgehead atoms. The molecule has 0 aliphatic carbocycles. The zero-order valence-corrected chi connectivity index (χ0v) is 32.8. The third-order valence-corrected chi connectivity index (χ3v) is 13.0. The average molecular weight is 770 g/mol. The molecule has 0 aliphatic rings. The minimum absolute atomic E-state index is 0.867. The molecule has 0 fully saturated rings. The fourth-order valence-corrected chi connectivity index (χ4v) is 10.1. The van der Waals surface area contributed by atoms with Crippen LogP contribution in [-0.2, 0) is 0 Å². The lowest BCUT2D eigenvalue weighted by Gasteiger charge is -2.28. The molecule has 59 heavy (non-hydrogen) atoms. The molecule has 0 saturated carbocycles. The maximum Gasteiger partial charge on any atom is 0.143 e. The van der Waals surface area contributed by atoms with Gasteiger partial charge in [-0.1, -0.05) is 158 Å². The first kappa shape index (κ1) is 33.7. The number of thiophene rings is 1. The monoisotopic (exact) mass is 769 g/mol. The fraction of sp³-hybridized carbons (Fsp3) is 0. The Kier molecular flexibility index (Phi) is 7.75. The van der Waals surface area contributed by atoms with Crippen molar-refractivity contribution in [2.24, 2.45) is 0 Å². The van der Waals surface area contributed by atoms with Gasteiger partial charge >= 0.3 is 0 Å². The van der Waals surface area contributed by atoms with E-state index in [-0.39, 0.29) is 0 Å². The van der Waals surface area contributed by atoms with Gasteiger partial charge in [-0.15, -0.1) is 11.3 Å². The Morgan fingerprint density at radius 1 is 0.356 bits per heavy atom. The summed E-state index contributed by atoms with van der Waals surface area (Å²) in [7, 11) is 0. The van der Waals surface area contributed by atoms with Crippen LogP contribution in [0.5, 0.6) is 0 Å². The quantitative estimate of drug-likeness (QED) is 0.167. The van der Waals surface area contributed by atoms with Crippen LogP contribution in [0.4, 0.5) is 17.1 Å². The Hall–Kier alpha value is -7.46. The SMILES string of the molecule is c1ccc(N(c2ccc(-c3ccc(-c4ccc5ccccc5c4)cc3)cc2)c2cccc3oc4c5ccccc5ccc4c23)c(-c2ccc3c(c2)sc2ccccc23)c1. The molecule has 0 unspecified atom stereocenters. The van der Waals surface area contributed by atoms with Gasteiger partial charge in [0.25, 0.3) is 0 Å². The van der Waals surface area contributed by atoms with E-state index in [1.807, 2.05) is 11.3 Å². The standard InChI is InChI=1S/C56H35NOS/c1-2-12-41-34-42(25-24-36(41)10-1)39-22-20-37(21-23-39)38-26-30-44(31-27-38)57(51-17-9-18-52-55(51)49-33-28-40-11-3-4-14-46(40)56(49)58-52)50-16-7-5-13-45(50)43-29-32-48-47-15-6-8-19-53(47)59-54(48)35-43/h1-35H. The number of anilines is 3. The van der Waals surface area contributed by atoms with Crippen molar-refractivity contribution in [3.8, 4) is 33.4 Å². The summed E-state index contributed by atoms with van der Waals surface area (Å²) in [4.78, 5) is 2.42. The van der Waals surface area contributed by atoms with Crippen molar-refractivity contribution >= 4 is 92.1 Å². The highest BCUT2D eigenvalue weighted by molar-refractivity contribution is 7.25. The summed E-state index contributed by atoms with van der Waals surface area (Å²) < 4.78 is 9.33. The normalized spacial score (nSPS) is 11.7. The third-order valence-electron chi connectivity index (χ3n) is 11.9. The second-order valence-corrected chi connectivity index (χ2v) is 16.3. The van der Waals surface area contributed by atoms with E-state index < -0.39 is 0 Å². The van der Waals surface area contributed by atoms with Crippen molar-refractivity contribution in [3.05, 3.63) is 212 Å². The summed E-state index contributed by atoms with van der Waals surface area (Å²) in [6.07, 6.45) is 0. The first-order chi connectivity index (χ1) is 29.2. The molecule has 0 radical (unpaired) electrons. The van der Waals surface area contributed by atoms with E-state index >= 15 is 0 Å². The van der Waals surface area contributed by atoms with Crippen LogP contribution in [0.3, 0.4) is 0 Å². The number of para-hydroxylation sites is 1. The average Bonchev–Trinajstić information content (AvgIpc) is 3.88. The van der Waals surface area contributed by atoms with E-state index in [4.69, 9.17) is 4.42 Å². The van der Waals surface area contributed by atoms with Crippen molar-refractivity contribution in [1.29, 1.82) is 0 Å². The fourth-order valence-electron chi connectivity index (χ4n) is 8.96. The highest BCUT2D eigenvalue weighted by Crippen LogP contribution is 2.48. The largest absolute Gasteiger partial charge is 0.455 e. The van der Waals surface area contributed by atoms with Crippen LogP contribution in [0.1, 0.15) is 0 Å². The Morgan fingerprint density at radius 3 is 1.80 bits per heavy atom. The summed E-state index contributed by atoms with van der Waals surface area (Å²) in [6, 6.07) is 77.0. The third kappa shape index (κ3) is 5.62. The molecule has 12 rings (SSSR count). The molecule has 12 aromatic rings. The molecule has 0 atom stereocenters. The number of nitrogens with zero attached hydrogens (tertiary/aromatic N) is 1. The van der Waals surface area contributed by atoms with Crippen LogP contribution in [0, 0.1) is 0 Å². The smallest absolute Gasteiger partial charge is 0.143 e. The Labute approximate surface area is 345 Å². The lowest BCUT2D eigenvalue weighted by molar-refractivity contribution is 0.672. The molecule has 3 heteroatoms. The minimum atomic E-state index is 0.867. The molecule has 276 valence electrons. The number of fused-ring (bicyclic) bond motifs is 9. The van der Waals surface area contributed by atoms with Gasteiger partial charge < -0.3 is 9.32 Å². The van der Waals surface area contributed by atoms with E-state index in [0.29, 0.717) is 0 Å². The maximum absolute atomic E-state index is 6.73. The van der Waals surface area contributed by atoms with Gasteiger partial charge in [0.05, 0.1) is 16.8 Å². The van der Waals surface area contributed by atoms with Gasteiger partial charge in [-0.05, 0) is 98.6 Å². The van der Waals surface area contributed by atoms with Crippen molar-refractivity contribution in [3.63, 3.8) is 0 Å². The summed E-state index contributed by atoms with van der Waals surface area (Å²) in [6.45, 7) is 0. The van der Waals surface area contributed by atoms with E-state index in [1.165, 1.54) is 64.1 Å². The van der Waals surface area contributed by atoms with E-state index in [0.717, 1.165) is 50.0 Å². The number of furan rings is 1. The van der Waals surface area contributed by atoms with E-state index in [9.17, 15) is 0 Å². The minimum Gasteiger partial charge on any atom is -0.455 e. The van der Waals surface area contributed by atoms with Gasteiger partial charge in [0.15, 0.2) is 0 Å². The van der Waals surface area contributed by atoms with Crippen LogP contribution >= 0.6 is 11.3 Å². The zero-order chi connectivity index (χ0) is 38.9. The molecule has 0 amide bonds. The second kappa shape index (κ2) is 13.6. The summed E-state index contributed by atoms with van der Waals surface area (Å²) in [5.41, 5.74) is 12.1. The van der Waals surface area contributed by atoms with Gasteiger partial charge in [-0.25, -0.2) is 0 Å². The Morgan fingerprint density at radius 2 is 0.949 bits per heavy atom. The molecule has 0 N–H and O–H groups in total. The highest BCUT2D eigenvalue weighted by Gasteiger charge is 2.23. The molecule has 0 saturated heterocycles. The van der Waals surface area contributed by atoms with Crippen LogP contribution in [0.2, 0.25) is 0 Å². The number of benzene rings is 10. The number of hydrogen-bond acceptors (Lipinski definition) is 3. The summed E-state index contributed by atoms with van der Waals surface area (Å²) in [5.74, 6) is 0. The first-order valence-electron chi connectivity index (χ1n) is 20.1. The molecule has 0 spiro atoms. The van der Waals surface area contributed by atoms with Gasteiger partial charge in [-0.3, -0.25) is 0 Å². The van der Waals surface area contributed by atoms with Crippen molar-refractivity contribution in [2.75, 3.05) is 4.90 Å². The van der Waals surface area contributed by atoms with Crippen molar-refractivity contribution in [1.82, 2.24) is 0 Å². The Bertz CT molecular complexity index is 3560. The predicted octanol–water partition coefficient (Wildman–Crippen LogP) is 16.7. The van der Waals surface area contributed by atoms with Gasteiger partial charge in [0, 0.05) is 42.2 Å². The maximum atomic E-state index is 6.73. The molecule has 0 aliphatic heterocycles. The number of rotatable bonds is 6. The molecular weight excluding hydrogens is 735 g/mol. The molecule has 2 aromatic heterocycles. The zero-order valence-electron chi connectivity index (χ0n) is 32.0. The molecule has 2 nitrogen and oxygen atoms in total.